The van der Waals surface area contributed by atoms with Crippen LogP contribution in [-0.4, -0.2) is 29.7 Å². The summed E-state index contributed by atoms with van der Waals surface area (Å²) in [4.78, 5) is 13.7. The van der Waals surface area contributed by atoms with Crippen LogP contribution >= 0.6 is 0 Å². The van der Waals surface area contributed by atoms with Gasteiger partial charge in [0.25, 0.3) is 0 Å². The Kier molecular flexibility index (Phi) is 9.02. The molecular formula is C17H31NO2. The van der Waals surface area contributed by atoms with Crippen LogP contribution in [0, 0.1) is 0 Å². The summed E-state index contributed by atoms with van der Waals surface area (Å²) in [7, 11) is 0. The smallest absolute Gasteiger partial charge is 0.410 e. The van der Waals surface area contributed by atoms with E-state index in [1.54, 1.807) is 4.90 Å². The molecule has 3 nitrogen and oxygen atoms in total. The largest absolute Gasteiger partial charge is 0.445 e. The molecule has 0 rings (SSSR count). The first-order chi connectivity index (χ1) is 9.25. The molecule has 0 unspecified atom stereocenters. The van der Waals surface area contributed by atoms with Crippen LogP contribution in [0.25, 0.3) is 0 Å². The molecule has 0 bridgehead atoms. The number of allylic oxidation sites excluding steroid dienone is 3. The van der Waals surface area contributed by atoms with Crippen LogP contribution < -0.4 is 0 Å². The van der Waals surface area contributed by atoms with Crippen molar-refractivity contribution in [3.05, 3.63) is 23.3 Å². The molecule has 3 heteroatoms. The second-order valence-corrected chi connectivity index (χ2v) is 6.04. The van der Waals surface area contributed by atoms with Gasteiger partial charge in [-0.2, -0.15) is 0 Å². The third kappa shape index (κ3) is 8.03. The summed E-state index contributed by atoms with van der Waals surface area (Å²) in [6.07, 6.45) is 6.05. The Balaban J connectivity index is 4.20. The van der Waals surface area contributed by atoms with Gasteiger partial charge in [0, 0.05) is 12.1 Å². The molecule has 20 heavy (non-hydrogen) atoms. The van der Waals surface area contributed by atoms with Gasteiger partial charge in [-0.1, -0.05) is 17.2 Å². The highest BCUT2D eigenvalue weighted by Gasteiger charge is 2.20. The van der Waals surface area contributed by atoms with Crippen molar-refractivity contribution in [1.29, 1.82) is 0 Å². The normalized spacial score (nSPS) is 11.8. The minimum absolute atomic E-state index is 0.158. The minimum Gasteiger partial charge on any atom is -0.445 e. The Morgan fingerprint density at radius 3 is 2.05 bits per heavy atom. The molecule has 0 aromatic heterocycles. The number of ether oxygens (including phenoxy) is 1. The van der Waals surface area contributed by atoms with Crippen molar-refractivity contribution in [2.45, 2.75) is 73.4 Å². The molecule has 0 atom stereocenters. The number of nitrogens with zero attached hydrogens (tertiary/aromatic N) is 1. The van der Waals surface area contributed by atoms with Gasteiger partial charge in [0.2, 0.25) is 0 Å². The molecule has 1 amide bonds. The van der Waals surface area contributed by atoms with Crippen molar-refractivity contribution >= 4 is 6.09 Å². The van der Waals surface area contributed by atoms with Gasteiger partial charge in [-0.3, -0.25) is 0 Å². The van der Waals surface area contributed by atoms with Crippen LogP contribution in [0.2, 0.25) is 0 Å². The predicted octanol–water partition coefficient (Wildman–Crippen LogP) is 4.93. The topological polar surface area (TPSA) is 29.5 Å². The SMILES string of the molecule is CC(C)=CCC/C(C)=C\COC(=O)N(C(C)C)C(C)C. The molecule has 0 radical (unpaired) electrons. The molecule has 0 saturated heterocycles. The van der Waals surface area contributed by atoms with Crippen molar-refractivity contribution in [2.75, 3.05) is 6.61 Å². The predicted molar refractivity (Wildman–Crippen MR) is 85.9 cm³/mol. The first-order valence-corrected chi connectivity index (χ1v) is 7.49. The van der Waals surface area contributed by atoms with E-state index in [0.717, 1.165) is 12.8 Å². The average molecular weight is 281 g/mol. The lowest BCUT2D eigenvalue weighted by Crippen LogP contribution is -2.42. The first kappa shape index (κ1) is 18.8. The highest BCUT2D eigenvalue weighted by Crippen LogP contribution is 2.09. The molecule has 0 aromatic rings. The average Bonchev–Trinajstić information content (AvgIpc) is 2.27. The van der Waals surface area contributed by atoms with Crippen molar-refractivity contribution in [2.24, 2.45) is 0 Å². The van der Waals surface area contributed by atoms with E-state index in [9.17, 15) is 4.79 Å². The lowest BCUT2D eigenvalue weighted by atomic mass is 10.1. The quantitative estimate of drug-likeness (QED) is 0.619. The van der Waals surface area contributed by atoms with Crippen LogP contribution in [0.15, 0.2) is 23.3 Å². The van der Waals surface area contributed by atoms with E-state index in [-0.39, 0.29) is 18.2 Å². The van der Waals surface area contributed by atoms with Crippen molar-refractivity contribution in [1.82, 2.24) is 4.90 Å². The molecule has 0 aliphatic rings. The summed E-state index contributed by atoms with van der Waals surface area (Å²) >= 11 is 0. The van der Waals surface area contributed by atoms with E-state index in [1.807, 2.05) is 33.8 Å². The fraction of sp³-hybridized carbons (Fsp3) is 0.706. The maximum absolute atomic E-state index is 12.0. The van der Waals surface area contributed by atoms with Gasteiger partial charge in [0.1, 0.15) is 6.61 Å². The summed E-state index contributed by atoms with van der Waals surface area (Å²) in [5.41, 5.74) is 2.60. The van der Waals surface area contributed by atoms with E-state index in [4.69, 9.17) is 4.74 Å². The third-order valence-corrected chi connectivity index (χ3v) is 3.05. The van der Waals surface area contributed by atoms with E-state index in [2.05, 4.69) is 26.8 Å². The maximum atomic E-state index is 12.0. The highest BCUT2D eigenvalue weighted by atomic mass is 16.6. The van der Waals surface area contributed by atoms with E-state index in [0.29, 0.717) is 6.61 Å². The number of rotatable bonds is 7. The van der Waals surface area contributed by atoms with Gasteiger partial charge < -0.3 is 9.64 Å². The van der Waals surface area contributed by atoms with Crippen LogP contribution in [0.4, 0.5) is 4.79 Å². The second kappa shape index (κ2) is 9.62. The number of carbonyl (C=O) groups is 1. The Bertz CT molecular complexity index is 342. The molecule has 0 heterocycles. The number of hydrogen-bond acceptors (Lipinski definition) is 2. The minimum atomic E-state index is -0.233. The van der Waals surface area contributed by atoms with Gasteiger partial charge in [0.05, 0.1) is 0 Å². The molecule has 0 aliphatic carbocycles. The Hall–Kier alpha value is -1.25. The Morgan fingerprint density at radius 1 is 1.05 bits per heavy atom. The zero-order valence-corrected chi connectivity index (χ0v) is 14.2. The lowest BCUT2D eigenvalue weighted by molar-refractivity contribution is 0.0874. The fourth-order valence-electron chi connectivity index (χ4n) is 2.04. The van der Waals surface area contributed by atoms with Gasteiger partial charge in [0.15, 0.2) is 0 Å². The van der Waals surface area contributed by atoms with Crippen LogP contribution in [0.5, 0.6) is 0 Å². The molecule has 0 aliphatic heterocycles. The molecule has 0 saturated carbocycles. The third-order valence-electron chi connectivity index (χ3n) is 3.05. The zero-order valence-electron chi connectivity index (χ0n) is 14.2. The molecule has 116 valence electrons. The molecule has 0 N–H and O–H groups in total. The molecular weight excluding hydrogens is 250 g/mol. The monoisotopic (exact) mass is 281 g/mol. The number of carbonyl (C=O) groups excluding carboxylic acids is 1. The summed E-state index contributed by atoms with van der Waals surface area (Å²) < 4.78 is 5.32. The zero-order chi connectivity index (χ0) is 15.7. The Morgan fingerprint density at radius 2 is 1.60 bits per heavy atom. The van der Waals surface area contributed by atoms with Crippen LogP contribution in [0.3, 0.4) is 0 Å². The van der Waals surface area contributed by atoms with Crippen molar-refractivity contribution in [3.63, 3.8) is 0 Å². The first-order valence-electron chi connectivity index (χ1n) is 7.49. The standard InChI is InChI=1S/C17H31NO2/c1-13(2)9-8-10-16(7)11-12-20-17(19)18(14(3)4)15(5)6/h9,11,14-15H,8,10,12H2,1-7H3/b16-11-. The van der Waals surface area contributed by atoms with E-state index >= 15 is 0 Å². The number of hydrogen-bond donors (Lipinski definition) is 0. The van der Waals surface area contributed by atoms with Gasteiger partial charge in [-0.05, 0) is 67.4 Å². The summed E-state index contributed by atoms with van der Waals surface area (Å²) in [6.45, 7) is 14.7. The van der Waals surface area contributed by atoms with Crippen LogP contribution in [-0.2, 0) is 4.74 Å². The van der Waals surface area contributed by atoms with Gasteiger partial charge >= 0.3 is 6.09 Å². The molecule has 0 aromatic carbocycles. The summed E-state index contributed by atoms with van der Waals surface area (Å²) in [6, 6.07) is 0.315. The highest BCUT2D eigenvalue weighted by molar-refractivity contribution is 5.68. The summed E-state index contributed by atoms with van der Waals surface area (Å²) in [5, 5.41) is 0. The molecule has 0 spiro atoms. The van der Waals surface area contributed by atoms with E-state index in [1.165, 1.54) is 11.1 Å². The fourth-order valence-corrected chi connectivity index (χ4v) is 2.04. The van der Waals surface area contributed by atoms with Crippen LogP contribution in [0.1, 0.15) is 61.3 Å². The Labute approximate surface area is 124 Å². The van der Waals surface area contributed by atoms with Gasteiger partial charge in [-0.25, -0.2) is 4.79 Å². The van der Waals surface area contributed by atoms with E-state index < -0.39 is 0 Å². The second-order valence-electron chi connectivity index (χ2n) is 6.04. The lowest BCUT2D eigenvalue weighted by Gasteiger charge is -2.29. The number of amides is 1. The van der Waals surface area contributed by atoms with Crippen molar-refractivity contribution < 1.29 is 9.53 Å². The van der Waals surface area contributed by atoms with Gasteiger partial charge in [-0.15, -0.1) is 0 Å². The van der Waals surface area contributed by atoms with Crippen molar-refractivity contribution in [3.8, 4) is 0 Å². The summed E-state index contributed by atoms with van der Waals surface area (Å²) in [5.74, 6) is 0. The maximum Gasteiger partial charge on any atom is 0.410 e. The molecule has 0 fully saturated rings.